The van der Waals surface area contributed by atoms with Crippen molar-refractivity contribution in [2.24, 2.45) is 17.0 Å². The van der Waals surface area contributed by atoms with Crippen molar-refractivity contribution < 1.29 is 5.21 Å². The fourth-order valence-corrected chi connectivity index (χ4v) is 3.99. The maximum Gasteiger partial charge on any atom is 0.0828 e. The van der Waals surface area contributed by atoms with E-state index < -0.39 is 0 Å². The molecule has 1 aromatic rings. The summed E-state index contributed by atoms with van der Waals surface area (Å²) in [6.07, 6.45) is 6.07. The summed E-state index contributed by atoms with van der Waals surface area (Å²) in [7, 11) is 0. The smallest absolute Gasteiger partial charge is 0.0828 e. The zero-order valence-electron chi connectivity index (χ0n) is 12.2. The molecule has 2 aliphatic rings. The lowest BCUT2D eigenvalue weighted by atomic mass is 9.91. The Labute approximate surface area is 121 Å². The quantitative estimate of drug-likeness (QED) is 0.651. The zero-order valence-corrected chi connectivity index (χ0v) is 12.2. The highest BCUT2D eigenvalue weighted by Gasteiger charge is 2.48. The van der Waals surface area contributed by atoms with Gasteiger partial charge in [-0.25, -0.2) is 0 Å². The third-order valence-electron chi connectivity index (χ3n) is 4.93. The largest absolute Gasteiger partial charge is 0.411 e. The van der Waals surface area contributed by atoms with Gasteiger partial charge < -0.3 is 10.1 Å². The van der Waals surface area contributed by atoms with E-state index in [1.54, 1.807) is 0 Å². The second-order valence-electron chi connectivity index (χ2n) is 6.12. The van der Waals surface area contributed by atoms with Crippen molar-refractivity contribution in [1.29, 1.82) is 0 Å². The molecule has 2 fully saturated rings. The van der Waals surface area contributed by atoms with Crippen LogP contribution in [0.15, 0.2) is 35.5 Å². The molecule has 2 saturated carbocycles. The van der Waals surface area contributed by atoms with E-state index in [1.807, 2.05) is 0 Å². The molecule has 0 aromatic heterocycles. The summed E-state index contributed by atoms with van der Waals surface area (Å²) in [5.41, 5.74) is 2.29. The summed E-state index contributed by atoms with van der Waals surface area (Å²) < 4.78 is 0. The fraction of sp³-hybridized carbons (Fsp3) is 0.588. The van der Waals surface area contributed by atoms with E-state index >= 15 is 0 Å². The molecule has 2 bridgehead atoms. The third-order valence-corrected chi connectivity index (χ3v) is 4.93. The minimum Gasteiger partial charge on any atom is -0.411 e. The average molecular weight is 272 g/mol. The summed E-state index contributed by atoms with van der Waals surface area (Å²) in [5.74, 6) is 1.19. The van der Waals surface area contributed by atoms with Crippen LogP contribution in [0.1, 0.15) is 39.0 Å². The van der Waals surface area contributed by atoms with Gasteiger partial charge in [-0.15, -0.1) is 0 Å². The van der Waals surface area contributed by atoms with Gasteiger partial charge >= 0.3 is 0 Å². The molecule has 20 heavy (non-hydrogen) atoms. The molecule has 0 heterocycles. The predicted molar refractivity (Wildman–Crippen MR) is 82.5 cm³/mol. The van der Waals surface area contributed by atoms with Crippen LogP contribution < -0.4 is 4.90 Å². The molecule has 108 valence electrons. The minimum absolute atomic E-state index is 0.313. The first-order valence-electron chi connectivity index (χ1n) is 7.88. The lowest BCUT2D eigenvalue weighted by Gasteiger charge is -2.36. The Morgan fingerprint density at radius 3 is 2.75 bits per heavy atom. The van der Waals surface area contributed by atoms with Gasteiger partial charge in [0, 0.05) is 18.2 Å². The number of nitrogens with zero attached hydrogens (tertiary/aromatic N) is 2. The zero-order chi connectivity index (χ0) is 13.9. The van der Waals surface area contributed by atoms with E-state index in [4.69, 9.17) is 0 Å². The first kappa shape index (κ1) is 13.5. The van der Waals surface area contributed by atoms with E-state index in [0.717, 1.165) is 12.3 Å². The van der Waals surface area contributed by atoms with Crippen molar-refractivity contribution in [3.63, 3.8) is 0 Å². The molecule has 1 aromatic carbocycles. The van der Waals surface area contributed by atoms with Crippen LogP contribution in [0, 0.1) is 11.8 Å². The monoisotopic (exact) mass is 272 g/mol. The van der Waals surface area contributed by atoms with Gasteiger partial charge in [0.25, 0.3) is 0 Å². The lowest BCUT2D eigenvalue weighted by Crippen LogP contribution is -2.45. The van der Waals surface area contributed by atoms with Crippen LogP contribution in [-0.2, 0) is 0 Å². The highest BCUT2D eigenvalue weighted by molar-refractivity contribution is 5.97. The predicted octanol–water partition coefficient (Wildman–Crippen LogP) is 3.92. The molecule has 3 atom stereocenters. The lowest BCUT2D eigenvalue weighted by molar-refractivity contribution is 0.311. The van der Waals surface area contributed by atoms with Gasteiger partial charge in [0.1, 0.15) is 0 Å². The molecular formula is C17H24N2O. The number of oxime groups is 1. The maximum atomic E-state index is 9.44. The molecule has 3 rings (SSSR count). The molecule has 0 aliphatic heterocycles. The number of fused-ring (bicyclic) bond motifs is 2. The number of para-hydroxylation sites is 1. The molecule has 0 saturated heterocycles. The number of anilines is 1. The Bertz CT molecular complexity index is 471. The molecule has 3 heteroatoms. The van der Waals surface area contributed by atoms with Crippen LogP contribution in [0.2, 0.25) is 0 Å². The second-order valence-corrected chi connectivity index (χ2v) is 6.12. The Balaban J connectivity index is 1.89. The van der Waals surface area contributed by atoms with Gasteiger partial charge in [-0.05, 0) is 43.7 Å². The van der Waals surface area contributed by atoms with Crippen molar-refractivity contribution in [2.75, 3.05) is 11.4 Å². The van der Waals surface area contributed by atoms with Crippen molar-refractivity contribution >= 4 is 11.4 Å². The van der Waals surface area contributed by atoms with Crippen molar-refractivity contribution in [3.05, 3.63) is 30.3 Å². The molecule has 2 aliphatic carbocycles. The van der Waals surface area contributed by atoms with Gasteiger partial charge in [0.05, 0.1) is 11.8 Å². The fourth-order valence-electron chi connectivity index (χ4n) is 3.99. The first-order valence-corrected chi connectivity index (χ1v) is 7.88. The maximum absolute atomic E-state index is 9.44. The third kappa shape index (κ3) is 2.30. The van der Waals surface area contributed by atoms with Crippen molar-refractivity contribution in [2.45, 2.75) is 45.1 Å². The van der Waals surface area contributed by atoms with Crippen molar-refractivity contribution in [1.82, 2.24) is 0 Å². The van der Waals surface area contributed by atoms with Crippen LogP contribution in [0.5, 0.6) is 0 Å². The molecule has 1 N–H and O–H groups in total. The normalized spacial score (nSPS) is 30.1. The summed E-state index contributed by atoms with van der Waals surface area (Å²) in [6.45, 7) is 3.28. The first-order chi connectivity index (χ1) is 9.85. The molecule has 3 nitrogen and oxygen atoms in total. The van der Waals surface area contributed by atoms with Crippen LogP contribution in [0.4, 0.5) is 5.69 Å². The van der Waals surface area contributed by atoms with Crippen LogP contribution in [-0.4, -0.2) is 23.5 Å². The summed E-state index contributed by atoms with van der Waals surface area (Å²) in [5, 5.41) is 13.1. The van der Waals surface area contributed by atoms with Crippen LogP contribution in [0.3, 0.4) is 0 Å². The summed E-state index contributed by atoms with van der Waals surface area (Å²) in [6, 6.07) is 10.9. The number of rotatable bonds is 5. The Morgan fingerprint density at radius 1 is 1.25 bits per heavy atom. The van der Waals surface area contributed by atoms with Gasteiger partial charge in [-0.2, -0.15) is 0 Å². The van der Waals surface area contributed by atoms with Gasteiger partial charge in [0.15, 0.2) is 0 Å². The Morgan fingerprint density at radius 2 is 2.05 bits per heavy atom. The van der Waals surface area contributed by atoms with E-state index in [2.05, 4.69) is 47.3 Å². The minimum atomic E-state index is 0.313. The SMILES string of the molecule is CCCCN(c1ccccc1)[C@@H]1/C(=N/O)[C@H]2CC[C@@H]1C2. The number of hydrogen-bond donors (Lipinski definition) is 1. The van der Waals surface area contributed by atoms with Crippen LogP contribution in [0.25, 0.3) is 0 Å². The molecule has 0 spiro atoms. The number of unbranched alkanes of at least 4 members (excludes halogenated alkanes) is 1. The van der Waals surface area contributed by atoms with Gasteiger partial charge in [0.2, 0.25) is 0 Å². The Kier molecular flexibility index (Phi) is 3.95. The highest BCUT2D eigenvalue weighted by atomic mass is 16.4. The number of benzene rings is 1. The molecular weight excluding hydrogens is 248 g/mol. The molecule has 0 radical (unpaired) electrons. The Hall–Kier alpha value is -1.51. The number of hydrogen-bond acceptors (Lipinski definition) is 3. The second kappa shape index (κ2) is 5.86. The topological polar surface area (TPSA) is 35.8 Å². The van der Waals surface area contributed by atoms with Crippen LogP contribution >= 0.6 is 0 Å². The van der Waals surface area contributed by atoms with E-state index in [1.165, 1.54) is 37.8 Å². The molecule has 0 unspecified atom stereocenters. The summed E-state index contributed by atoms with van der Waals surface area (Å²) >= 11 is 0. The summed E-state index contributed by atoms with van der Waals surface area (Å²) in [4.78, 5) is 2.47. The van der Waals surface area contributed by atoms with Crippen molar-refractivity contribution in [3.8, 4) is 0 Å². The van der Waals surface area contributed by atoms with Gasteiger partial charge in [-0.1, -0.05) is 36.7 Å². The highest BCUT2D eigenvalue weighted by Crippen LogP contribution is 2.46. The average Bonchev–Trinajstić information content (AvgIpc) is 3.10. The van der Waals surface area contributed by atoms with Gasteiger partial charge in [-0.3, -0.25) is 0 Å². The standard InChI is InChI=1S/C17H24N2O/c1-2-3-11-19(15-7-5-4-6-8-15)17-14-10-9-13(12-14)16(17)18-20/h4-8,13-14,17,20H,2-3,9-12H2,1H3/b18-16+/t13-,14+,17-/m0/s1. The molecule has 0 amide bonds. The van der Waals surface area contributed by atoms with E-state index in [9.17, 15) is 5.21 Å². The van der Waals surface area contributed by atoms with E-state index in [0.29, 0.717) is 17.9 Å². The van der Waals surface area contributed by atoms with E-state index in [-0.39, 0.29) is 0 Å².